The summed E-state index contributed by atoms with van der Waals surface area (Å²) in [5.74, 6) is 1.02. The van der Waals surface area contributed by atoms with E-state index in [0.717, 1.165) is 12.8 Å². The van der Waals surface area contributed by atoms with Crippen LogP contribution in [-0.2, 0) is 0 Å². The van der Waals surface area contributed by atoms with Gasteiger partial charge in [0.25, 0.3) is 0 Å². The quantitative estimate of drug-likeness (QED) is 0.812. The maximum atomic E-state index is 12.2. The van der Waals surface area contributed by atoms with Crippen LogP contribution in [-0.4, -0.2) is 56.9 Å². The SMILES string of the molecule is CN1C2CCC1CC(Oc1cncc(Nc3cc(OC(F)F)n[nH]3)n1)C2. The molecular weight excluding hydrogens is 346 g/mol. The Kier molecular flexibility index (Phi) is 4.58. The topological polar surface area (TPSA) is 88.2 Å². The molecule has 0 saturated carbocycles. The maximum Gasteiger partial charge on any atom is 0.388 e. The van der Waals surface area contributed by atoms with Gasteiger partial charge in [-0.2, -0.15) is 13.8 Å². The van der Waals surface area contributed by atoms with Crippen LogP contribution in [0.5, 0.6) is 11.8 Å². The molecule has 0 aliphatic carbocycles. The summed E-state index contributed by atoms with van der Waals surface area (Å²) in [6.45, 7) is -2.92. The number of aromatic amines is 1. The third kappa shape index (κ3) is 3.69. The molecule has 2 saturated heterocycles. The number of halogens is 2. The van der Waals surface area contributed by atoms with Crippen molar-refractivity contribution in [1.82, 2.24) is 25.1 Å². The van der Waals surface area contributed by atoms with Gasteiger partial charge in [0.05, 0.1) is 12.4 Å². The second-order valence-corrected chi connectivity index (χ2v) is 6.63. The molecule has 4 rings (SSSR count). The molecule has 2 fully saturated rings. The zero-order valence-electron chi connectivity index (χ0n) is 14.2. The number of hydrogen-bond acceptors (Lipinski definition) is 7. The summed E-state index contributed by atoms with van der Waals surface area (Å²) in [6, 6.07) is 2.47. The lowest BCUT2D eigenvalue weighted by Gasteiger charge is -2.35. The maximum absolute atomic E-state index is 12.2. The average Bonchev–Trinajstić information content (AvgIpc) is 3.08. The molecule has 2 unspecified atom stereocenters. The summed E-state index contributed by atoms with van der Waals surface area (Å²) in [7, 11) is 2.18. The van der Waals surface area contributed by atoms with E-state index in [1.54, 1.807) is 6.20 Å². The van der Waals surface area contributed by atoms with Gasteiger partial charge in [-0.1, -0.05) is 0 Å². The lowest BCUT2D eigenvalue weighted by atomic mass is 10.0. The molecule has 2 aromatic rings. The minimum absolute atomic E-state index is 0.131. The number of anilines is 2. The van der Waals surface area contributed by atoms with Gasteiger partial charge in [0.1, 0.15) is 11.9 Å². The van der Waals surface area contributed by atoms with Crippen molar-refractivity contribution >= 4 is 11.6 Å². The molecule has 2 aliphatic rings. The molecule has 26 heavy (non-hydrogen) atoms. The molecule has 10 heteroatoms. The molecule has 2 atom stereocenters. The number of alkyl halides is 2. The molecule has 4 heterocycles. The van der Waals surface area contributed by atoms with Crippen LogP contribution >= 0.6 is 0 Å². The summed E-state index contributed by atoms with van der Waals surface area (Å²) in [6.07, 6.45) is 7.63. The summed E-state index contributed by atoms with van der Waals surface area (Å²) in [4.78, 5) is 10.9. The molecule has 140 valence electrons. The molecule has 0 spiro atoms. The number of piperidine rings is 1. The number of nitrogens with one attached hydrogen (secondary N) is 2. The van der Waals surface area contributed by atoms with Gasteiger partial charge in [-0.3, -0.25) is 10.1 Å². The highest BCUT2D eigenvalue weighted by Gasteiger charge is 2.39. The van der Waals surface area contributed by atoms with Gasteiger partial charge in [0.15, 0.2) is 5.82 Å². The smallest absolute Gasteiger partial charge is 0.388 e. The molecule has 0 aromatic carbocycles. The minimum Gasteiger partial charge on any atom is -0.473 e. The van der Waals surface area contributed by atoms with E-state index in [1.165, 1.54) is 25.1 Å². The monoisotopic (exact) mass is 366 g/mol. The number of fused-ring (bicyclic) bond motifs is 2. The molecule has 8 nitrogen and oxygen atoms in total. The summed E-state index contributed by atoms with van der Waals surface area (Å²) in [5, 5.41) is 9.08. The Morgan fingerprint density at radius 1 is 1.23 bits per heavy atom. The Balaban J connectivity index is 1.38. The molecule has 2 aromatic heterocycles. The molecular formula is C16H20F2N6O2. The number of H-pyrrole nitrogens is 1. The van der Waals surface area contributed by atoms with Gasteiger partial charge in [-0.15, -0.1) is 5.10 Å². The number of ether oxygens (including phenoxy) is 2. The summed E-state index contributed by atoms with van der Waals surface area (Å²) < 4.78 is 34.6. The van der Waals surface area contributed by atoms with Crippen LogP contribution < -0.4 is 14.8 Å². The number of hydrogen-bond donors (Lipinski definition) is 2. The lowest BCUT2D eigenvalue weighted by Crippen LogP contribution is -2.43. The minimum atomic E-state index is -2.92. The largest absolute Gasteiger partial charge is 0.473 e. The van der Waals surface area contributed by atoms with Gasteiger partial charge >= 0.3 is 6.61 Å². The summed E-state index contributed by atoms with van der Waals surface area (Å²) in [5.41, 5.74) is 0. The first-order chi connectivity index (χ1) is 12.6. The van der Waals surface area contributed by atoms with E-state index in [-0.39, 0.29) is 12.0 Å². The number of nitrogens with zero attached hydrogens (tertiary/aromatic N) is 4. The second kappa shape index (κ2) is 7.02. The lowest BCUT2D eigenvalue weighted by molar-refractivity contribution is -0.0528. The first kappa shape index (κ1) is 17.0. The fourth-order valence-corrected chi connectivity index (χ4v) is 3.75. The van der Waals surface area contributed by atoms with Crippen molar-refractivity contribution in [1.29, 1.82) is 0 Å². The second-order valence-electron chi connectivity index (χ2n) is 6.63. The average molecular weight is 366 g/mol. The highest BCUT2D eigenvalue weighted by Crippen LogP contribution is 2.35. The standard InChI is InChI=1S/C16H20F2N6O2/c1-24-9-2-3-10(24)5-11(4-9)25-15-8-19-7-13(21-15)20-12-6-14(23-22-12)26-16(17)18/h6-11,16H,2-5H2,1H3,(H2,20,21,22,23). The summed E-state index contributed by atoms with van der Waals surface area (Å²) >= 11 is 0. The van der Waals surface area contributed by atoms with Crippen LogP contribution in [0.25, 0.3) is 0 Å². The van der Waals surface area contributed by atoms with Crippen molar-refractivity contribution in [3.05, 3.63) is 18.5 Å². The predicted octanol–water partition coefficient (Wildman–Crippen LogP) is 2.55. The van der Waals surface area contributed by atoms with Gasteiger partial charge < -0.3 is 19.7 Å². The molecule has 2 bridgehead atoms. The van der Waals surface area contributed by atoms with Crippen molar-refractivity contribution in [3.8, 4) is 11.8 Å². The van der Waals surface area contributed by atoms with Crippen LogP contribution in [0.3, 0.4) is 0 Å². The highest BCUT2D eigenvalue weighted by atomic mass is 19.3. The van der Waals surface area contributed by atoms with Crippen molar-refractivity contribution < 1.29 is 18.3 Å². The van der Waals surface area contributed by atoms with Crippen LogP contribution in [0, 0.1) is 0 Å². The van der Waals surface area contributed by atoms with Crippen LogP contribution in [0.4, 0.5) is 20.4 Å². The fraction of sp³-hybridized carbons (Fsp3) is 0.562. The van der Waals surface area contributed by atoms with E-state index in [1.807, 2.05) is 0 Å². The molecule has 0 radical (unpaired) electrons. The van der Waals surface area contributed by atoms with E-state index in [9.17, 15) is 8.78 Å². The third-order valence-corrected chi connectivity index (χ3v) is 4.98. The normalized spacial score (nSPS) is 25.5. The first-order valence-corrected chi connectivity index (χ1v) is 8.54. The Morgan fingerprint density at radius 3 is 2.73 bits per heavy atom. The predicted molar refractivity (Wildman–Crippen MR) is 88.8 cm³/mol. The van der Waals surface area contributed by atoms with E-state index < -0.39 is 6.61 Å². The Labute approximate surface area is 148 Å². The Bertz CT molecular complexity index is 744. The zero-order valence-corrected chi connectivity index (χ0v) is 14.2. The van der Waals surface area contributed by atoms with Crippen molar-refractivity contribution in [3.63, 3.8) is 0 Å². The fourth-order valence-electron chi connectivity index (χ4n) is 3.75. The molecule has 2 aliphatic heterocycles. The van der Waals surface area contributed by atoms with Gasteiger partial charge in [0.2, 0.25) is 11.8 Å². The van der Waals surface area contributed by atoms with Gasteiger partial charge in [0, 0.05) is 18.2 Å². The van der Waals surface area contributed by atoms with Crippen molar-refractivity contribution in [2.24, 2.45) is 0 Å². The molecule has 2 N–H and O–H groups in total. The van der Waals surface area contributed by atoms with E-state index in [0.29, 0.717) is 29.6 Å². The van der Waals surface area contributed by atoms with Gasteiger partial charge in [-0.25, -0.2) is 0 Å². The van der Waals surface area contributed by atoms with Crippen molar-refractivity contribution in [2.75, 3.05) is 12.4 Å². The Morgan fingerprint density at radius 2 is 2.00 bits per heavy atom. The van der Waals surface area contributed by atoms with E-state index in [2.05, 4.69) is 42.2 Å². The number of aromatic nitrogens is 4. The Hall–Kier alpha value is -2.49. The third-order valence-electron chi connectivity index (χ3n) is 4.98. The van der Waals surface area contributed by atoms with E-state index >= 15 is 0 Å². The van der Waals surface area contributed by atoms with Gasteiger partial charge in [-0.05, 0) is 32.7 Å². The zero-order chi connectivity index (χ0) is 18.1. The van der Waals surface area contributed by atoms with E-state index in [4.69, 9.17) is 4.74 Å². The van der Waals surface area contributed by atoms with Crippen LogP contribution in [0.15, 0.2) is 18.5 Å². The van der Waals surface area contributed by atoms with Crippen LogP contribution in [0.2, 0.25) is 0 Å². The highest BCUT2D eigenvalue weighted by molar-refractivity contribution is 5.51. The van der Waals surface area contributed by atoms with Crippen molar-refractivity contribution in [2.45, 2.75) is 50.5 Å². The molecule has 0 amide bonds. The number of rotatable bonds is 6. The first-order valence-electron chi connectivity index (χ1n) is 8.54. The van der Waals surface area contributed by atoms with Crippen LogP contribution in [0.1, 0.15) is 25.7 Å².